The summed E-state index contributed by atoms with van der Waals surface area (Å²) in [6, 6.07) is 11.1. The first-order valence-corrected chi connectivity index (χ1v) is 6.91. The van der Waals surface area contributed by atoms with Crippen molar-refractivity contribution in [3.63, 3.8) is 0 Å². The topological polar surface area (TPSA) is 75.4 Å². The molecule has 0 heterocycles. The van der Waals surface area contributed by atoms with Gasteiger partial charge in [-0.25, -0.2) is 0 Å². The lowest BCUT2D eigenvalue weighted by Crippen LogP contribution is -2.13. The van der Waals surface area contributed by atoms with Crippen LogP contribution >= 0.6 is 0 Å². The number of aryl methyl sites for hydroxylation is 2. The van der Waals surface area contributed by atoms with Crippen molar-refractivity contribution >= 4 is 17.3 Å². The van der Waals surface area contributed by atoms with E-state index in [-0.39, 0.29) is 11.7 Å². The predicted molar refractivity (Wildman–Crippen MR) is 85.4 cm³/mol. The van der Waals surface area contributed by atoms with Gasteiger partial charge in [0.2, 0.25) is 5.91 Å². The summed E-state index contributed by atoms with van der Waals surface area (Å²) in [7, 11) is 0. The summed E-state index contributed by atoms with van der Waals surface area (Å²) in [5, 5.41) is 12.7. The molecule has 4 heteroatoms. The molecule has 0 saturated carbocycles. The summed E-state index contributed by atoms with van der Waals surface area (Å²) in [5.74, 6) is 0.146. The third-order valence-electron chi connectivity index (χ3n) is 3.50. The van der Waals surface area contributed by atoms with Crippen LogP contribution in [0.25, 0.3) is 0 Å². The molecule has 0 radical (unpaired) electrons. The van der Waals surface area contributed by atoms with Gasteiger partial charge in [-0.05, 0) is 49.6 Å². The Morgan fingerprint density at radius 3 is 2.71 bits per heavy atom. The summed E-state index contributed by atoms with van der Waals surface area (Å²) >= 11 is 0. The number of benzene rings is 2. The maximum atomic E-state index is 12.0. The largest absolute Gasteiger partial charge is 0.507 e. The van der Waals surface area contributed by atoms with Crippen molar-refractivity contribution in [1.29, 1.82) is 0 Å². The number of nitrogens with one attached hydrogen (secondary N) is 1. The van der Waals surface area contributed by atoms with E-state index in [4.69, 9.17) is 5.73 Å². The Morgan fingerprint density at radius 2 is 2.00 bits per heavy atom. The lowest BCUT2D eigenvalue weighted by Gasteiger charge is -2.11. The molecular weight excluding hydrogens is 264 g/mol. The van der Waals surface area contributed by atoms with Gasteiger partial charge in [-0.3, -0.25) is 4.79 Å². The van der Waals surface area contributed by atoms with E-state index >= 15 is 0 Å². The molecule has 0 aliphatic rings. The first-order valence-electron chi connectivity index (χ1n) is 6.91. The molecule has 0 unspecified atom stereocenters. The van der Waals surface area contributed by atoms with Gasteiger partial charge in [-0.2, -0.15) is 0 Å². The average Bonchev–Trinajstić information content (AvgIpc) is 2.46. The molecule has 0 aliphatic carbocycles. The van der Waals surface area contributed by atoms with Crippen LogP contribution in [0.4, 0.5) is 11.4 Å². The number of carbonyl (C=O) groups is 1. The van der Waals surface area contributed by atoms with Crippen LogP contribution in [0, 0.1) is 13.8 Å². The first-order chi connectivity index (χ1) is 9.97. The zero-order valence-electron chi connectivity index (χ0n) is 12.3. The van der Waals surface area contributed by atoms with Gasteiger partial charge in [0.15, 0.2) is 0 Å². The number of phenolic OH excluding ortho intramolecular Hbond substituents is 1. The summed E-state index contributed by atoms with van der Waals surface area (Å²) in [4.78, 5) is 12.0. The van der Waals surface area contributed by atoms with Crippen LogP contribution in [0.3, 0.4) is 0 Å². The fraction of sp³-hybridized carbons (Fsp3) is 0.235. The number of hydrogen-bond acceptors (Lipinski definition) is 3. The van der Waals surface area contributed by atoms with E-state index < -0.39 is 0 Å². The van der Waals surface area contributed by atoms with Crippen molar-refractivity contribution in [2.45, 2.75) is 26.7 Å². The Balaban J connectivity index is 1.98. The number of rotatable bonds is 4. The van der Waals surface area contributed by atoms with E-state index in [0.29, 0.717) is 29.8 Å². The maximum Gasteiger partial charge on any atom is 0.224 e. The second kappa shape index (κ2) is 6.31. The van der Waals surface area contributed by atoms with Crippen molar-refractivity contribution in [2.24, 2.45) is 0 Å². The van der Waals surface area contributed by atoms with Crippen LogP contribution in [0.5, 0.6) is 5.75 Å². The average molecular weight is 284 g/mol. The highest BCUT2D eigenvalue weighted by Gasteiger charge is 2.09. The van der Waals surface area contributed by atoms with E-state index in [0.717, 1.165) is 11.1 Å². The fourth-order valence-electron chi connectivity index (χ4n) is 2.19. The van der Waals surface area contributed by atoms with Gasteiger partial charge in [0.25, 0.3) is 0 Å². The van der Waals surface area contributed by atoms with Gasteiger partial charge < -0.3 is 16.2 Å². The standard InChI is InChI=1S/C17H20N2O2/c1-11-6-8-15(12(2)17(11)21)19-16(20)9-7-13-4-3-5-14(18)10-13/h3-6,8,10,21H,7,9,18H2,1-2H3,(H,19,20). The molecule has 21 heavy (non-hydrogen) atoms. The highest BCUT2D eigenvalue weighted by Crippen LogP contribution is 2.28. The lowest BCUT2D eigenvalue weighted by molar-refractivity contribution is -0.116. The highest BCUT2D eigenvalue weighted by molar-refractivity contribution is 5.92. The minimum atomic E-state index is -0.0798. The van der Waals surface area contributed by atoms with E-state index in [1.54, 1.807) is 13.0 Å². The molecule has 0 fully saturated rings. The van der Waals surface area contributed by atoms with E-state index in [1.807, 2.05) is 37.3 Å². The van der Waals surface area contributed by atoms with Crippen molar-refractivity contribution in [2.75, 3.05) is 11.1 Å². The molecule has 2 rings (SSSR count). The quantitative estimate of drug-likeness (QED) is 0.755. The molecule has 0 saturated heterocycles. The van der Waals surface area contributed by atoms with Gasteiger partial charge in [0.1, 0.15) is 5.75 Å². The van der Waals surface area contributed by atoms with Crippen LogP contribution in [-0.2, 0) is 11.2 Å². The molecule has 0 spiro atoms. The number of amides is 1. The minimum absolute atomic E-state index is 0.0798. The smallest absolute Gasteiger partial charge is 0.224 e. The number of phenols is 1. The third kappa shape index (κ3) is 3.75. The van der Waals surface area contributed by atoms with Crippen molar-refractivity contribution < 1.29 is 9.90 Å². The van der Waals surface area contributed by atoms with Gasteiger partial charge in [0.05, 0.1) is 0 Å². The van der Waals surface area contributed by atoms with Crippen LogP contribution in [0.1, 0.15) is 23.1 Å². The number of carbonyl (C=O) groups excluding carboxylic acids is 1. The lowest BCUT2D eigenvalue weighted by atomic mass is 10.1. The van der Waals surface area contributed by atoms with Gasteiger partial charge in [0, 0.05) is 23.4 Å². The molecule has 0 aromatic heterocycles. The maximum absolute atomic E-state index is 12.0. The van der Waals surface area contributed by atoms with E-state index in [2.05, 4.69) is 5.32 Å². The number of nitrogens with two attached hydrogens (primary N) is 1. The minimum Gasteiger partial charge on any atom is -0.507 e. The number of anilines is 2. The second-order valence-electron chi connectivity index (χ2n) is 5.20. The molecule has 2 aromatic rings. The summed E-state index contributed by atoms with van der Waals surface area (Å²) < 4.78 is 0. The van der Waals surface area contributed by atoms with Gasteiger partial charge in [-0.15, -0.1) is 0 Å². The van der Waals surface area contributed by atoms with Gasteiger partial charge >= 0.3 is 0 Å². The van der Waals surface area contributed by atoms with E-state index in [9.17, 15) is 9.90 Å². The Hall–Kier alpha value is -2.49. The highest BCUT2D eigenvalue weighted by atomic mass is 16.3. The molecule has 4 N–H and O–H groups in total. The number of aromatic hydroxyl groups is 1. The summed E-state index contributed by atoms with van der Waals surface area (Å²) in [6.07, 6.45) is 1.01. The van der Waals surface area contributed by atoms with Crippen LogP contribution in [-0.4, -0.2) is 11.0 Å². The second-order valence-corrected chi connectivity index (χ2v) is 5.20. The fourth-order valence-corrected chi connectivity index (χ4v) is 2.19. The van der Waals surface area contributed by atoms with Gasteiger partial charge in [-0.1, -0.05) is 18.2 Å². The van der Waals surface area contributed by atoms with Crippen LogP contribution < -0.4 is 11.1 Å². The molecule has 4 nitrogen and oxygen atoms in total. The third-order valence-corrected chi connectivity index (χ3v) is 3.50. The van der Waals surface area contributed by atoms with Crippen molar-refractivity contribution in [3.8, 4) is 5.75 Å². The first kappa shape index (κ1) is 14.9. The molecule has 0 aliphatic heterocycles. The van der Waals surface area contributed by atoms with Crippen LogP contribution in [0.15, 0.2) is 36.4 Å². The Morgan fingerprint density at radius 1 is 1.24 bits per heavy atom. The zero-order chi connectivity index (χ0) is 15.4. The Kier molecular flexibility index (Phi) is 4.48. The number of hydrogen-bond donors (Lipinski definition) is 3. The van der Waals surface area contributed by atoms with Crippen LogP contribution in [0.2, 0.25) is 0 Å². The molecule has 0 atom stereocenters. The Labute approximate surface area is 124 Å². The molecule has 0 bridgehead atoms. The van der Waals surface area contributed by atoms with Crippen molar-refractivity contribution in [3.05, 3.63) is 53.1 Å². The molecular formula is C17H20N2O2. The predicted octanol–water partition coefficient (Wildman–Crippen LogP) is 3.16. The Bertz CT molecular complexity index is 666. The number of nitrogen functional groups attached to an aromatic ring is 1. The molecule has 110 valence electrons. The summed E-state index contributed by atoms with van der Waals surface area (Å²) in [5.41, 5.74) is 9.58. The van der Waals surface area contributed by atoms with E-state index in [1.165, 1.54) is 0 Å². The SMILES string of the molecule is Cc1ccc(NC(=O)CCc2cccc(N)c2)c(C)c1O. The summed E-state index contributed by atoms with van der Waals surface area (Å²) in [6.45, 7) is 3.61. The van der Waals surface area contributed by atoms with Crippen molar-refractivity contribution in [1.82, 2.24) is 0 Å². The monoisotopic (exact) mass is 284 g/mol. The molecule has 2 aromatic carbocycles. The molecule has 1 amide bonds. The zero-order valence-corrected chi connectivity index (χ0v) is 12.3. The normalized spacial score (nSPS) is 10.4.